The molecular formula is C17H23BrN2O2S2. The lowest BCUT2D eigenvalue weighted by Crippen LogP contribution is -2.57. The summed E-state index contributed by atoms with van der Waals surface area (Å²) >= 11 is 6.98. The maximum absolute atomic E-state index is 12.4. The largest absolute Gasteiger partial charge is 0.325 e. The Morgan fingerprint density at radius 1 is 1.21 bits per heavy atom. The van der Waals surface area contributed by atoms with Crippen LogP contribution in [0.25, 0.3) is 9.75 Å². The van der Waals surface area contributed by atoms with Gasteiger partial charge in [0, 0.05) is 20.2 Å². The molecule has 24 heavy (non-hydrogen) atoms. The first-order valence-electron chi connectivity index (χ1n) is 7.64. The van der Waals surface area contributed by atoms with Crippen LogP contribution in [0.4, 0.5) is 0 Å². The zero-order valence-corrected chi connectivity index (χ0v) is 17.5. The number of nitrogens with one attached hydrogen (secondary N) is 1. The van der Waals surface area contributed by atoms with E-state index in [4.69, 9.17) is 10.6 Å². The van der Waals surface area contributed by atoms with E-state index in [9.17, 15) is 4.79 Å². The van der Waals surface area contributed by atoms with Gasteiger partial charge in [-0.1, -0.05) is 0 Å². The van der Waals surface area contributed by atoms with Gasteiger partial charge in [-0.05, 0) is 73.8 Å². The summed E-state index contributed by atoms with van der Waals surface area (Å²) in [6.45, 7) is 5.66. The van der Waals surface area contributed by atoms with E-state index >= 15 is 0 Å². The van der Waals surface area contributed by atoms with Crippen molar-refractivity contribution in [3.05, 3.63) is 32.9 Å². The van der Waals surface area contributed by atoms with Crippen molar-refractivity contribution in [1.82, 2.24) is 5.48 Å². The van der Waals surface area contributed by atoms with Crippen molar-refractivity contribution < 1.29 is 9.63 Å². The van der Waals surface area contributed by atoms with Crippen LogP contribution >= 0.6 is 38.6 Å². The van der Waals surface area contributed by atoms with E-state index < -0.39 is 11.0 Å². The molecule has 2 heterocycles. The number of hydrogen-bond donors (Lipinski definition) is 2. The monoisotopic (exact) mass is 430 g/mol. The van der Waals surface area contributed by atoms with Crippen LogP contribution in [0.3, 0.4) is 0 Å². The minimum Gasteiger partial charge on any atom is -0.325 e. The molecule has 4 nitrogen and oxygen atoms in total. The number of rotatable bonds is 7. The fourth-order valence-electron chi connectivity index (χ4n) is 2.40. The molecule has 2 aromatic heterocycles. The molecule has 3 N–H and O–H groups in total. The van der Waals surface area contributed by atoms with E-state index in [0.717, 1.165) is 10.2 Å². The third-order valence-electron chi connectivity index (χ3n) is 4.47. The van der Waals surface area contributed by atoms with Gasteiger partial charge >= 0.3 is 0 Å². The Morgan fingerprint density at radius 2 is 1.83 bits per heavy atom. The Labute approximate surface area is 159 Å². The molecule has 1 amide bonds. The minimum absolute atomic E-state index is 0.184. The van der Waals surface area contributed by atoms with Crippen molar-refractivity contribution in [2.75, 3.05) is 7.11 Å². The third-order valence-corrected chi connectivity index (χ3v) is 7.43. The molecule has 0 fully saturated rings. The number of hydroxylamine groups is 1. The standard InChI is InChI=1S/C17H23BrN2O2S2/c1-16(2,19)17(3,15(21)20-22-4)10-9-11-5-6-12(23-11)13-7-8-14(18)24-13/h5-8H,9-10,19H2,1-4H3,(H,20,21). The van der Waals surface area contributed by atoms with Gasteiger partial charge in [-0.15, -0.1) is 22.7 Å². The van der Waals surface area contributed by atoms with Crippen molar-refractivity contribution in [3.8, 4) is 9.75 Å². The van der Waals surface area contributed by atoms with E-state index in [1.807, 2.05) is 20.8 Å². The Balaban J connectivity index is 2.12. The van der Waals surface area contributed by atoms with Gasteiger partial charge in [0.2, 0.25) is 0 Å². The summed E-state index contributed by atoms with van der Waals surface area (Å²) in [5.41, 5.74) is 7.35. The van der Waals surface area contributed by atoms with Gasteiger partial charge in [0.25, 0.3) is 5.91 Å². The minimum atomic E-state index is -0.723. The van der Waals surface area contributed by atoms with E-state index in [0.29, 0.717) is 6.42 Å². The highest BCUT2D eigenvalue weighted by molar-refractivity contribution is 9.11. The SMILES string of the molecule is CONC(=O)C(C)(CCc1ccc(-c2ccc(Br)s2)s1)C(C)(C)N. The molecule has 0 aliphatic rings. The highest BCUT2D eigenvalue weighted by atomic mass is 79.9. The molecule has 132 valence electrons. The van der Waals surface area contributed by atoms with Crippen molar-refractivity contribution >= 4 is 44.5 Å². The summed E-state index contributed by atoms with van der Waals surface area (Å²) < 4.78 is 1.13. The van der Waals surface area contributed by atoms with Crippen molar-refractivity contribution in [2.45, 2.75) is 39.2 Å². The van der Waals surface area contributed by atoms with E-state index in [1.54, 1.807) is 22.7 Å². The van der Waals surface area contributed by atoms with Gasteiger partial charge in [0.1, 0.15) is 0 Å². The van der Waals surface area contributed by atoms with E-state index in [-0.39, 0.29) is 5.91 Å². The molecule has 1 atom stereocenters. The van der Waals surface area contributed by atoms with Gasteiger partial charge < -0.3 is 5.73 Å². The quantitative estimate of drug-likeness (QED) is 0.630. The second-order valence-electron chi connectivity index (χ2n) is 6.56. The first-order chi connectivity index (χ1) is 11.2. The fourth-order valence-corrected chi connectivity index (χ4v) is 4.88. The molecule has 0 aromatic carbocycles. The Kier molecular flexibility index (Phi) is 6.25. The normalized spacial score (nSPS) is 14.4. The molecule has 2 aromatic rings. The predicted octanol–water partition coefficient (Wildman–Crippen LogP) is 4.59. The lowest BCUT2D eigenvalue weighted by molar-refractivity contribution is -0.145. The average Bonchev–Trinajstić information content (AvgIpc) is 3.12. The summed E-state index contributed by atoms with van der Waals surface area (Å²) in [5, 5.41) is 0. The first kappa shape index (κ1) is 19.6. The number of hydrogen-bond acceptors (Lipinski definition) is 5. The second-order valence-corrected chi connectivity index (χ2v) is 10.2. The summed E-state index contributed by atoms with van der Waals surface area (Å²) in [7, 11) is 1.44. The molecule has 7 heteroatoms. The number of amides is 1. The highest BCUT2D eigenvalue weighted by Gasteiger charge is 2.44. The topological polar surface area (TPSA) is 64.3 Å². The maximum Gasteiger partial charge on any atom is 0.251 e. The molecule has 2 rings (SSSR count). The Bertz CT molecular complexity index is 706. The van der Waals surface area contributed by atoms with Gasteiger partial charge in [-0.3, -0.25) is 9.63 Å². The molecule has 0 saturated carbocycles. The second kappa shape index (κ2) is 7.66. The number of aryl methyl sites for hydroxylation is 1. The van der Waals surface area contributed by atoms with Crippen LogP contribution < -0.4 is 11.2 Å². The van der Waals surface area contributed by atoms with Crippen LogP contribution in [0, 0.1) is 5.41 Å². The Hall–Kier alpha value is -0.730. The number of thiophene rings is 2. The number of carbonyl (C=O) groups excluding carboxylic acids is 1. The van der Waals surface area contributed by atoms with Crippen molar-refractivity contribution in [2.24, 2.45) is 11.1 Å². The number of carbonyl (C=O) groups is 1. The summed E-state index contributed by atoms with van der Waals surface area (Å²) in [4.78, 5) is 21.0. The highest BCUT2D eigenvalue weighted by Crippen LogP contribution is 2.38. The zero-order chi connectivity index (χ0) is 18.0. The van der Waals surface area contributed by atoms with Crippen LogP contribution in [0.1, 0.15) is 32.1 Å². The molecule has 0 aliphatic heterocycles. The van der Waals surface area contributed by atoms with Gasteiger partial charge in [-0.25, -0.2) is 5.48 Å². The van der Waals surface area contributed by atoms with Crippen LogP contribution in [0.2, 0.25) is 0 Å². The molecule has 0 bridgehead atoms. The molecule has 0 spiro atoms. The average molecular weight is 431 g/mol. The van der Waals surface area contributed by atoms with Gasteiger partial charge in [-0.2, -0.15) is 0 Å². The lowest BCUT2D eigenvalue weighted by atomic mass is 9.69. The molecular weight excluding hydrogens is 408 g/mol. The summed E-state index contributed by atoms with van der Waals surface area (Å²) in [6, 6.07) is 8.44. The molecule has 0 aliphatic carbocycles. The van der Waals surface area contributed by atoms with Crippen molar-refractivity contribution in [1.29, 1.82) is 0 Å². The number of halogens is 1. The van der Waals surface area contributed by atoms with E-state index in [2.05, 4.69) is 45.7 Å². The zero-order valence-electron chi connectivity index (χ0n) is 14.3. The molecule has 0 saturated heterocycles. The maximum atomic E-state index is 12.4. The van der Waals surface area contributed by atoms with Crippen LogP contribution in [-0.2, 0) is 16.1 Å². The van der Waals surface area contributed by atoms with Crippen LogP contribution in [-0.4, -0.2) is 18.6 Å². The van der Waals surface area contributed by atoms with E-state index in [1.165, 1.54) is 21.7 Å². The predicted molar refractivity (Wildman–Crippen MR) is 105 cm³/mol. The Morgan fingerprint density at radius 3 is 2.38 bits per heavy atom. The van der Waals surface area contributed by atoms with Crippen LogP contribution in [0.15, 0.2) is 28.1 Å². The summed E-state index contributed by atoms with van der Waals surface area (Å²) in [5.74, 6) is -0.184. The molecule has 0 radical (unpaired) electrons. The smallest absolute Gasteiger partial charge is 0.251 e. The first-order valence-corrected chi connectivity index (χ1v) is 10.1. The van der Waals surface area contributed by atoms with Gasteiger partial charge in [0.15, 0.2) is 0 Å². The fraction of sp³-hybridized carbons (Fsp3) is 0.471. The van der Waals surface area contributed by atoms with Crippen molar-refractivity contribution in [3.63, 3.8) is 0 Å². The summed E-state index contributed by atoms with van der Waals surface area (Å²) in [6.07, 6.45) is 1.45. The number of nitrogens with two attached hydrogens (primary N) is 1. The van der Waals surface area contributed by atoms with Gasteiger partial charge in [0.05, 0.1) is 16.3 Å². The van der Waals surface area contributed by atoms with Crippen LogP contribution in [0.5, 0.6) is 0 Å². The molecule has 1 unspecified atom stereocenters. The lowest BCUT2D eigenvalue weighted by Gasteiger charge is -2.39. The third kappa shape index (κ3) is 4.26.